The zero-order valence-electron chi connectivity index (χ0n) is 11.1. The van der Waals surface area contributed by atoms with Crippen molar-refractivity contribution >= 4 is 12.0 Å². The molecule has 0 aliphatic heterocycles. The number of carbonyl (C=O) groups is 1. The molecule has 100 valence electrons. The van der Waals surface area contributed by atoms with E-state index in [1.54, 1.807) is 12.3 Å². The lowest BCUT2D eigenvalue weighted by Gasteiger charge is -2.13. The Bertz CT molecular complexity index is 410. The van der Waals surface area contributed by atoms with E-state index >= 15 is 0 Å². The normalized spacial score (nSPS) is 13.2. The highest BCUT2D eigenvalue weighted by Crippen LogP contribution is 2.01. The number of hydrogen-bond acceptors (Lipinski definition) is 3. The lowest BCUT2D eigenvalue weighted by Crippen LogP contribution is -2.33. The van der Waals surface area contributed by atoms with Gasteiger partial charge in [-0.3, -0.25) is 4.79 Å². The van der Waals surface area contributed by atoms with E-state index in [1.807, 2.05) is 31.5 Å². The molecule has 0 aliphatic carbocycles. The molecule has 1 aromatic rings. The summed E-state index contributed by atoms with van der Waals surface area (Å²) in [4.78, 5) is 15.6. The molecule has 18 heavy (non-hydrogen) atoms. The number of aliphatic hydroxyl groups is 1. The van der Waals surface area contributed by atoms with Crippen LogP contribution in [0.2, 0.25) is 0 Å². The number of imidazole rings is 1. The van der Waals surface area contributed by atoms with Crippen LogP contribution in [0.25, 0.3) is 6.08 Å². The van der Waals surface area contributed by atoms with Gasteiger partial charge < -0.3 is 15.0 Å². The standard InChI is InChI=1S/C13H21N3O2/c1-4-16-8-7-14-12(16)5-6-13(18)15-9-11(17)10(2)3/h5-8,10-11,17H,4,9H2,1-3H3,(H,15,18)/b6-5+. The van der Waals surface area contributed by atoms with Gasteiger partial charge in [0.05, 0.1) is 6.10 Å². The Labute approximate surface area is 108 Å². The number of carbonyl (C=O) groups excluding carboxylic acids is 1. The number of hydrogen-bond donors (Lipinski definition) is 2. The van der Waals surface area contributed by atoms with Gasteiger partial charge in [-0.2, -0.15) is 0 Å². The predicted octanol–water partition coefficient (Wildman–Crippen LogP) is 1.05. The Hall–Kier alpha value is -1.62. The van der Waals surface area contributed by atoms with Crippen LogP contribution in [0.4, 0.5) is 0 Å². The Morgan fingerprint density at radius 2 is 2.33 bits per heavy atom. The first kappa shape index (κ1) is 14.4. The zero-order valence-corrected chi connectivity index (χ0v) is 11.1. The fourth-order valence-electron chi connectivity index (χ4n) is 1.40. The number of aliphatic hydroxyl groups excluding tert-OH is 1. The number of nitrogens with one attached hydrogen (secondary N) is 1. The highest BCUT2D eigenvalue weighted by atomic mass is 16.3. The first-order valence-corrected chi connectivity index (χ1v) is 6.19. The van der Waals surface area contributed by atoms with Crippen LogP contribution in [0.5, 0.6) is 0 Å². The van der Waals surface area contributed by atoms with Gasteiger partial charge in [-0.05, 0) is 18.9 Å². The minimum Gasteiger partial charge on any atom is -0.391 e. The number of aromatic nitrogens is 2. The largest absolute Gasteiger partial charge is 0.391 e. The summed E-state index contributed by atoms with van der Waals surface area (Å²) in [5.41, 5.74) is 0. The number of rotatable bonds is 6. The quantitative estimate of drug-likeness (QED) is 0.743. The summed E-state index contributed by atoms with van der Waals surface area (Å²) < 4.78 is 1.94. The van der Waals surface area contributed by atoms with Crippen LogP contribution in [-0.4, -0.2) is 33.2 Å². The summed E-state index contributed by atoms with van der Waals surface area (Å²) in [6, 6.07) is 0. The molecule has 0 aliphatic rings. The molecule has 1 unspecified atom stereocenters. The Morgan fingerprint density at radius 1 is 1.61 bits per heavy atom. The van der Waals surface area contributed by atoms with E-state index in [0.29, 0.717) is 0 Å². The van der Waals surface area contributed by atoms with Crippen LogP contribution in [0, 0.1) is 5.92 Å². The Balaban J connectivity index is 2.45. The second kappa shape index (κ2) is 6.96. The SMILES string of the molecule is CCn1ccnc1/C=C/C(=O)NCC(O)C(C)C. The van der Waals surface area contributed by atoms with Crippen molar-refractivity contribution in [1.82, 2.24) is 14.9 Å². The maximum absolute atomic E-state index is 11.5. The third-order valence-electron chi connectivity index (χ3n) is 2.73. The lowest BCUT2D eigenvalue weighted by molar-refractivity contribution is -0.117. The van der Waals surface area contributed by atoms with Crippen molar-refractivity contribution in [3.63, 3.8) is 0 Å². The number of aryl methyl sites for hydroxylation is 1. The highest BCUT2D eigenvalue weighted by Gasteiger charge is 2.09. The number of nitrogens with zero attached hydrogens (tertiary/aromatic N) is 2. The van der Waals surface area contributed by atoms with Gasteiger partial charge in [-0.15, -0.1) is 0 Å². The van der Waals surface area contributed by atoms with Crippen LogP contribution in [-0.2, 0) is 11.3 Å². The van der Waals surface area contributed by atoms with Gasteiger partial charge in [-0.1, -0.05) is 13.8 Å². The van der Waals surface area contributed by atoms with Crippen LogP contribution < -0.4 is 5.32 Å². The van der Waals surface area contributed by atoms with Crippen molar-refractivity contribution in [2.75, 3.05) is 6.54 Å². The molecule has 0 saturated heterocycles. The fourth-order valence-corrected chi connectivity index (χ4v) is 1.40. The molecule has 0 aromatic carbocycles. The summed E-state index contributed by atoms with van der Waals surface area (Å²) in [5.74, 6) is 0.658. The Morgan fingerprint density at radius 3 is 2.94 bits per heavy atom. The summed E-state index contributed by atoms with van der Waals surface area (Å²) in [6.07, 6.45) is 6.14. The van der Waals surface area contributed by atoms with Crippen molar-refractivity contribution in [3.8, 4) is 0 Å². The van der Waals surface area contributed by atoms with Gasteiger partial charge in [0.15, 0.2) is 0 Å². The first-order valence-electron chi connectivity index (χ1n) is 6.19. The van der Waals surface area contributed by atoms with E-state index in [2.05, 4.69) is 10.3 Å². The second-order valence-corrected chi connectivity index (χ2v) is 4.46. The summed E-state index contributed by atoms with van der Waals surface area (Å²) in [6.45, 7) is 6.91. The van der Waals surface area contributed by atoms with E-state index in [4.69, 9.17) is 0 Å². The Kier molecular flexibility index (Phi) is 5.58. The molecule has 5 heteroatoms. The van der Waals surface area contributed by atoms with Crippen molar-refractivity contribution in [3.05, 3.63) is 24.3 Å². The van der Waals surface area contributed by atoms with Crippen LogP contribution in [0.15, 0.2) is 18.5 Å². The van der Waals surface area contributed by atoms with Crippen molar-refractivity contribution < 1.29 is 9.90 Å². The average molecular weight is 251 g/mol. The molecule has 1 atom stereocenters. The minimum absolute atomic E-state index is 0.133. The predicted molar refractivity (Wildman–Crippen MR) is 70.8 cm³/mol. The first-order chi connectivity index (χ1) is 8.54. The van der Waals surface area contributed by atoms with E-state index in [0.717, 1.165) is 12.4 Å². The van der Waals surface area contributed by atoms with E-state index < -0.39 is 6.10 Å². The molecule has 0 saturated carbocycles. The zero-order chi connectivity index (χ0) is 13.5. The molecule has 1 heterocycles. The smallest absolute Gasteiger partial charge is 0.244 e. The van der Waals surface area contributed by atoms with Gasteiger partial charge in [0.2, 0.25) is 5.91 Å². The molecule has 0 spiro atoms. The number of amides is 1. The maximum Gasteiger partial charge on any atom is 0.244 e. The minimum atomic E-state index is -0.514. The van der Waals surface area contributed by atoms with E-state index in [-0.39, 0.29) is 18.4 Å². The summed E-state index contributed by atoms with van der Waals surface area (Å²) >= 11 is 0. The van der Waals surface area contributed by atoms with Gasteiger partial charge in [0.25, 0.3) is 0 Å². The van der Waals surface area contributed by atoms with E-state index in [1.165, 1.54) is 6.08 Å². The third-order valence-corrected chi connectivity index (χ3v) is 2.73. The molecule has 1 rings (SSSR count). The average Bonchev–Trinajstić information content (AvgIpc) is 2.80. The molecule has 1 aromatic heterocycles. The summed E-state index contributed by atoms with van der Waals surface area (Å²) in [7, 11) is 0. The van der Waals surface area contributed by atoms with Crippen LogP contribution in [0.1, 0.15) is 26.6 Å². The van der Waals surface area contributed by atoms with Crippen LogP contribution >= 0.6 is 0 Å². The van der Waals surface area contributed by atoms with Gasteiger partial charge in [-0.25, -0.2) is 4.98 Å². The molecular formula is C13H21N3O2. The van der Waals surface area contributed by atoms with Crippen molar-refractivity contribution in [2.24, 2.45) is 5.92 Å². The fraction of sp³-hybridized carbons (Fsp3) is 0.538. The van der Waals surface area contributed by atoms with Gasteiger partial charge >= 0.3 is 0 Å². The monoisotopic (exact) mass is 251 g/mol. The molecule has 2 N–H and O–H groups in total. The molecule has 0 radical (unpaired) electrons. The van der Waals surface area contributed by atoms with E-state index in [9.17, 15) is 9.90 Å². The molecule has 0 bridgehead atoms. The van der Waals surface area contributed by atoms with Crippen molar-refractivity contribution in [1.29, 1.82) is 0 Å². The third kappa shape index (κ3) is 4.33. The highest BCUT2D eigenvalue weighted by molar-refractivity contribution is 5.91. The van der Waals surface area contributed by atoms with Gasteiger partial charge in [0.1, 0.15) is 5.82 Å². The maximum atomic E-state index is 11.5. The molecule has 5 nitrogen and oxygen atoms in total. The van der Waals surface area contributed by atoms with Gasteiger partial charge in [0, 0.05) is 31.6 Å². The molecular weight excluding hydrogens is 230 g/mol. The lowest BCUT2D eigenvalue weighted by atomic mass is 10.1. The molecule has 0 fully saturated rings. The van der Waals surface area contributed by atoms with Crippen LogP contribution in [0.3, 0.4) is 0 Å². The van der Waals surface area contributed by atoms with Crippen molar-refractivity contribution in [2.45, 2.75) is 33.4 Å². The molecule has 1 amide bonds. The second-order valence-electron chi connectivity index (χ2n) is 4.46. The summed E-state index contributed by atoms with van der Waals surface area (Å²) in [5, 5.41) is 12.2. The topological polar surface area (TPSA) is 67.2 Å².